The standard InChI is InChI=1S/C12H16BrN5O/c1-3-18-12(19)11(13)10(6-15-18)16-9(2)7-17-5-4-14-8-17/h4-6,8-9,16H,3,7H2,1-2H3. The Bertz CT molecular complexity index is 593. The first-order valence-corrected chi connectivity index (χ1v) is 6.89. The Hall–Kier alpha value is -1.63. The summed E-state index contributed by atoms with van der Waals surface area (Å²) < 4.78 is 3.91. The van der Waals surface area contributed by atoms with Gasteiger partial charge in [0.2, 0.25) is 0 Å². The largest absolute Gasteiger partial charge is 0.378 e. The Morgan fingerprint density at radius 2 is 2.32 bits per heavy atom. The first-order valence-electron chi connectivity index (χ1n) is 6.09. The van der Waals surface area contributed by atoms with E-state index in [9.17, 15) is 4.79 Å². The lowest BCUT2D eigenvalue weighted by Gasteiger charge is -2.16. The zero-order chi connectivity index (χ0) is 13.8. The molecule has 0 aliphatic rings. The Kier molecular flexibility index (Phi) is 4.36. The van der Waals surface area contributed by atoms with E-state index in [1.54, 1.807) is 18.7 Å². The minimum Gasteiger partial charge on any atom is -0.378 e. The second kappa shape index (κ2) is 6.01. The van der Waals surface area contributed by atoms with Crippen LogP contribution in [0, 0.1) is 0 Å². The Labute approximate surface area is 119 Å². The quantitative estimate of drug-likeness (QED) is 0.909. The van der Waals surface area contributed by atoms with Gasteiger partial charge in [0.05, 0.1) is 18.2 Å². The summed E-state index contributed by atoms with van der Waals surface area (Å²) in [5.41, 5.74) is 0.588. The molecule has 0 aromatic carbocycles. The molecule has 0 amide bonds. The molecule has 0 saturated carbocycles. The average molecular weight is 326 g/mol. The second-order valence-electron chi connectivity index (χ2n) is 4.30. The molecule has 1 atom stereocenters. The monoisotopic (exact) mass is 325 g/mol. The number of aromatic nitrogens is 4. The number of rotatable bonds is 5. The number of nitrogens with one attached hydrogen (secondary N) is 1. The van der Waals surface area contributed by atoms with Crippen LogP contribution in [-0.4, -0.2) is 25.4 Å². The zero-order valence-corrected chi connectivity index (χ0v) is 12.5. The average Bonchev–Trinajstić information content (AvgIpc) is 2.88. The summed E-state index contributed by atoms with van der Waals surface area (Å²) in [5.74, 6) is 0. The van der Waals surface area contributed by atoms with Crippen LogP contribution in [0.25, 0.3) is 0 Å². The third kappa shape index (κ3) is 3.23. The number of hydrogen-bond acceptors (Lipinski definition) is 4. The van der Waals surface area contributed by atoms with E-state index in [4.69, 9.17) is 0 Å². The van der Waals surface area contributed by atoms with E-state index < -0.39 is 0 Å². The van der Waals surface area contributed by atoms with Gasteiger partial charge in [-0.25, -0.2) is 9.67 Å². The van der Waals surface area contributed by atoms with Gasteiger partial charge < -0.3 is 9.88 Å². The molecule has 0 fully saturated rings. The number of halogens is 1. The molecular formula is C12H16BrN5O. The fourth-order valence-electron chi connectivity index (χ4n) is 1.81. The molecule has 0 aliphatic heterocycles. The minimum absolute atomic E-state index is 0.123. The Morgan fingerprint density at radius 3 is 2.95 bits per heavy atom. The maximum atomic E-state index is 11.9. The van der Waals surface area contributed by atoms with E-state index in [2.05, 4.69) is 31.3 Å². The van der Waals surface area contributed by atoms with E-state index in [0.717, 1.165) is 6.54 Å². The van der Waals surface area contributed by atoms with Crippen LogP contribution in [-0.2, 0) is 13.1 Å². The molecule has 102 valence electrons. The molecule has 6 nitrogen and oxygen atoms in total. The van der Waals surface area contributed by atoms with Crippen LogP contribution >= 0.6 is 15.9 Å². The van der Waals surface area contributed by atoms with Crippen molar-refractivity contribution in [3.05, 3.63) is 39.7 Å². The first-order chi connectivity index (χ1) is 9.11. The Balaban J connectivity index is 2.11. The van der Waals surface area contributed by atoms with Gasteiger partial charge in [0.25, 0.3) is 5.56 Å². The lowest BCUT2D eigenvalue weighted by Crippen LogP contribution is -2.27. The molecule has 1 N–H and O–H groups in total. The maximum Gasteiger partial charge on any atom is 0.283 e. The lowest BCUT2D eigenvalue weighted by atomic mass is 10.3. The summed E-state index contributed by atoms with van der Waals surface area (Å²) in [6.45, 7) is 5.25. The van der Waals surface area contributed by atoms with Gasteiger partial charge in [-0.2, -0.15) is 5.10 Å². The molecule has 1 unspecified atom stereocenters. The van der Waals surface area contributed by atoms with Gasteiger partial charge in [-0.15, -0.1) is 0 Å². The van der Waals surface area contributed by atoms with Gasteiger partial charge in [0.1, 0.15) is 4.47 Å². The van der Waals surface area contributed by atoms with Gasteiger partial charge in [-0.3, -0.25) is 4.79 Å². The van der Waals surface area contributed by atoms with Crippen LogP contribution < -0.4 is 10.9 Å². The van der Waals surface area contributed by atoms with Crippen LogP contribution in [0.5, 0.6) is 0 Å². The van der Waals surface area contributed by atoms with E-state index in [0.29, 0.717) is 16.7 Å². The molecule has 0 aliphatic carbocycles. The lowest BCUT2D eigenvalue weighted by molar-refractivity contribution is 0.602. The van der Waals surface area contributed by atoms with E-state index >= 15 is 0 Å². The van der Waals surface area contributed by atoms with Crippen molar-refractivity contribution in [2.45, 2.75) is 33.0 Å². The van der Waals surface area contributed by atoms with Crippen LogP contribution in [0.4, 0.5) is 5.69 Å². The zero-order valence-electron chi connectivity index (χ0n) is 10.9. The number of aryl methyl sites for hydroxylation is 1. The van der Waals surface area contributed by atoms with Crippen LogP contribution in [0.1, 0.15) is 13.8 Å². The fourth-order valence-corrected chi connectivity index (χ4v) is 2.23. The molecular weight excluding hydrogens is 310 g/mol. The summed E-state index contributed by atoms with van der Waals surface area (Å²) in [6, 6.07) is 0.157. The third-order valence-corrected chi connectivity index (χ3v) is 3.50. The molecule has 7 heteroatoms. The van der Waals surface area contributed by atoms with Crippen LogP contribution in [0.3, 0.4) is 0 Å². The van der Waals surface area contributed by atoms with Crippen molar-refractivity contribution in [3.63, 3.8) is 0 Å². The highest BCUT2D eigenvalue weighted by atomic mass is 79.9. The van der Waals surface area contributed by atoms with Crippen molar-refractivity contribution < 1.29 is 0 Å². The van der Waals surface area contributed by atoms with Crippen molar-refractivity contribution in [3.8, 4) is 0 Å². The number of hydrogen-bond donors (Lipinski definition) is 1. The molecule has 2 aromatic rings. The minimum atomic E-state index is -0.123. The number of imidazole rings is 1. The highest BCUT2D eigenvalue weighted by Crippen LogP contribution is 2.17. The van der Waals surface area contributed by atoms with Gasteiger partial charge in [-0.1, -0.05) is 0 Å². The van der Waals surface area contributed by atoms with E-state index in [1.165, 1.54) is 4.68 Å². The van der Waals surface area contributed by atoms with Gasteiger partial charge >= 0.3 is 0 Å². The van der Waals surface area contributed by atoms with Crippen LogP contribution in [0.2, 0.25) is 0 Å². The predicted octanol–water partition coefficient (Wildman–Crippen LogP) is 1.72. The second-order valence-corrected chi connectivity index (χ2v) is 5.09. The van der Waals surface area contributed by atoms with Crippen molar-refractivity contribution >= 4 is 21.6 Å². The smallest absolute Gasteiger partial charge is 0.283 e. The Morgan fingerprint density at radius 1 is 1.53 bits per heavy atom. The summed E-state index contributed by atoms with van der Waals surface area (Å²) in [6.07, 6.45) is 7.08. The predicted molar refractivity (Wildman–Crippen MR) is 77.2 cm³/mol. The molecule has 0 bridgehead atoms. The molecule has 2 aromatic heterocycles. The highest BCUT2D eigenvalue weighted by molar-refractivity contribution is 9.10. The van der Waals surface area contributed by atoms with Crippen LogP contribution in [0.15, 0.2) is 34.2 Å². The van der Waals surface area contributed by atoms with Gasteiger partial charge in [0, 0.05) is 31.5 Å². The summed E-state index contributed by atoms with van der Waals surface area (Å²) in [7, 11) is 0. The van der Waals surface area contributed by atoms with Crippen molar-refractivity contribution in [2.75, 3.05) is 5.32 Å². The van der Waals surface area contributed by atoms with Crippen molar-refractivity contribution in [2.24, 2.45) is 0 Å². The van der Waals surface area contributed by atoms with E-state index in [1.807, 2.05) is 24.6 Å². The fraction of sp³-hybridized carbons (Fsp3) is 0.417. The van der Waals surface area contributed by atoms with Gasteiger partial charge in [-0.05, 0) is 29.8 Å². The molecule has 0 spiro atoms. The summed E-state index contributed by atoms with van der Waals surface area (Å²) in [4.78, 5) is 15.9. The van der Waals surface area contributed by atoms with Crippen molar-refractivity contribution in [1.29, 1.82) is 0 Å². The SMILES string of the molecule is CCn1ncc(NC(C)Cn2ccnc2)c(Br)c1=O. The normalized spacial score (nSPS) is 12.4. The number of anilines is 1. The molecule has 2 heterocycles. The van der Waals surface area contributed by atoms with E-state index in [-0.39, 0.29) is 11.6 Å². The molecule has 0 saturated heterocycles. The molecule has 0 radical (unpaired) electrons. The maximum absolute atomic E-state index is 11.9. The third-order valence-electron chi connectivity index (χ3n) is 2.73. The topological polar surface area (TPSA) is 64.7 Å². The van der Waals surface area contributed by atoms with Crippen molar-refractivity contribution in [1.82, 2.24) is 19.3 Å². The molecule has 2 rings (SSSR count). The summed E-state index contributed by atoms with van der Waals surface area (Å²) in [5, 5.41) is 7.37. The summed E-state index contributed by atoms with van der Waals surface area (Å²) >= 11 is 3.32. The molecule has 19 heavy (non-hydrogen) atoms. The highest BCUT2D eigenvalue weighted by Gasteiger charge is 2.10. The first kappa shape index (κ1) is 13.8. The number of nitrogens with zero attached hydrogens (tertiary/aromatic N) is 4. The van der Waals surface area contributed by atoms with Gasteiger partial charge in [0.15, 0.2) is 0 Å².